The van der Waals surface area contributed by atoms with Crippen LogP contribution in [0.4, 0.5) is 15.2 Å². The van der Waals surface area contributed by atoms with Crippen molar-refractivity contribution in [2.75, 3.05) is 16.4 Å². The Morgan fingerprint density at radius 2 is 1.95 bits per heavy atom. The van der Waals surface area contributed by atoms with Gasteiger partial charge in [-0.05, 0) is 55.5 Å². The average molecular weight is 546 g/mol. The highest BCUT2D eigenvalue weighted by atomic mass is 32.2. The summed E-state index contributed by atoms with van der Waals surface area (Å²) in [5.74, 6) is -1.53. The molecule has 8 nitrogen and oxygen atoms in total. The number of hydrogen-bond donors (Lipinski definition) is 3. The number of carbonyl (C=O) groups is 2. The summed E-state index contributed by atoms with van der Waals surface area (Å²) >= 11 is 2.48. The van der Waals surface area contributed by atoms with Crippen molar-refractivity contribution < 1.29 is 18.4 Å². The molecule has 190 valence electrons. The number of aromatic nitrogens is 1. The average Bonchev–Trinajstić information content (AvgIpc) is 3.58. The number of fused-ring (bicyclic) bond motifs is 1. The van der Waals surface area contributed by atoms with E-state index < -0.39 is 17.6 Å². The molecule has 0 unspecified atom stereocenters. The second-order valence-corrected chi connectivity index (χ2v) is 10.3. The second-order valence-electron chi connectivity index (χ2n) is 8.25. The van der Waals surface area contributed by atoms with Crippen LogP contribution >= 0.6 is 23.1 Å². The van der Waals surface area contributed by atoms with Crippen LogP contribution in [0.1, 0.15) is 18.6 Å². The van der Waals surface area contributed by atoms with E-state index in [1.54, 1.807) is 19.1 Å². The van der Waals surface area contributed by atoms with Gasteiger partial charge in [0.25, 0.3) is 5.91 Å². The predicted octanol–water partition coefficient (Wildman–Crippen LogP) is 5.73. The van der Waals surface area contributed by atoms with Crippen molar-refractivity contribution in [2.24, 2.45) is 0 Å². The molecule has 0 saturated heterocycles. The summed E-state index contributed by atoms with van der Waals surface area (Å²) in [5.41, 5.74) is 2.32. The number of thioether (sulfide) groups is 1. The predicted molar refractivity (Wildman–Crippen MR) is 146 cm³/mol. The number of nitrogens with one attached hydrogen (secondary N) is 3. The second kappa shape index (κ2) is 10.9. The maximum Gasteiger partial charge on any atom is 0.256 e. The highest BCUT2D eigenvalue weighted by molar-refractivity contribution is 8.03. The minimum atomic E-state index is -0.784. The lowest BCUT2D eigenvalue weighted by molar-refractivity contribution is -0.114. The first-order chi connectivity index (χ1) is 18.4. The first-order valence-corrected chi connectivity index (χ1v) is 13.2. The zero-order chi connectivity index (χ0) is 26.6. The molecule has 0 bridgehead atoms. The summed E-state index contributed by atoms with van der Waals surface area (Å²) in [5, 5.41) is 19.7. The van der Waals surface area contributed by atoms with Crippen molar-refractivity contribution in [1.29, 1.82) is 5.26 Å². The summed E-state index contributed by atoms with van der Waals surface area (Å²) < 4.78 is 19.7. The number of nitriles is 1. The Bertz CT molecular complexity index is 1590. The lowest BCUT2D eigenvalue weighted by Gasteiger charge is -2.28. The third-order valence-corrected chi connectivity index (χ3v) is 7.68. The number of carbonyl (C=O) groups excluding carboxylic acids is 2. The maximum atomic E-state index is 13.5. The number of nitrogens with zero attached hydrogens (tertiary/aromatic N) is 2. The van der Waals surface area contributed by atoms with Crippen LogP contribution in [0.5, 0.6) is 0 Å². The summed E-state index contributed by atoms with van der Waals surface area (Å²) in [7, 11) is 0. The molecule has 0 fully saturated rings. The number of allylic oxidation sites excluding steroid dienone is 2. The SMILES string of the molecule is CC1=C(C(=O)Nc2nc3ccccc3s2)[C@@H](c2ccco2)C(C#N)=C(SCC(=O)Nc2ccc(F)cc2)N1. The third kappa shape index (κ3) is 5.32. The summed E-state index contributed by atoms with van der Waals surface area (Å²) in [6.45, 7) is 1.73. The van der Waals surface area contributed by atoms with Gasteiger partial charge in [0.2, 0.25) is 5.91 Å². The van der Waals surface area contributed by atoms with Gasteiger partial charge < -0.3 is 15.1 Å². The molecular weight excluding hydrogens is 525 g/mol. The number of anilines is 2. The first kappa shape index (κ1) is 25.3. The summed E-state index contributed by atoms with van der Waals surface area (Å²) in [6, 6.07) is 18.6. The number of para-hydroxylation sites is 1. The molecule has 1 atom stereocenters. The smallest absolute Gasteiger partial charge is 0.256 e. The molecule has 4 aromatic rings. The number of furan rings is 1. The molecule has 2 aromatic heterocycles. The Balaban J connectivity index is 1.39. The normalized spacial score (nSPS) is 15.2. The van der Waals surface area contributed by atoms with Gasteiger partial charge in [-0.15, -0.1) is 0 Å². The highest BCUT2D eigenvalue weighted by Crippen LogP contribution is 2.41. The number of hydrogen-bond acceptors (Lipinski definition) is 8. The molecule has 3 N–H and O–H groups in total. The number of thiazole rings is 1. The van der Waals surface area contributed by atoms with Gasteiger partial charge in [0.1, 0.15) is 11.6 Å². The molecule has 5 rings (SSSR count). The maximum absolute atomic E-state index is 13.5. The molecule has 2 aromatic carbocycles. The van der Waals surface area contributed by atoms with Crippen molar-refractivity contribution >= 4 is 55.9 Å². The van der Waals surface area contributed by atoms with E-state index >= 15 is 0 Å². The van der Waals surface area contributed by atoms with Crippen LogP contribution in [0.2, 0.25) is 0 Å². The van der Waals surface area contributed by atoms with E-state index in [1.165, 1.54) is 41.9 Å². The Morgan fingerprint density at radius 3 is 2.66 bits per heavy atom. The van der Waals surface area contributed by atoms with Crippen molar-refractivity contribution in [3.05, 3.63) is 100 Å². The zero-order valence-electron chi connectivity index (χ0n) is 19.9. The van der Waals surface area contributed by atoms with Gasteiger partial charge in [0, 0.05) is 11.4 Å². The minimum absolute atomic E-state index is 0.0176. The number of halogens is 1. The largest absolute Gasteiger partial charge is 0.468 e. The molecule has 1 aliphatic heterocycles. The number of benzene rings is 2. The lowest BCUT2D eigenvalue weighted by Crippen LogP contribution is -2.31. The zero-order valence-corrected chi connectivity index (χ0v) is 21.6. The molecule has 0 saturated carbocycles. The lowest BCUT2D eigenvalue weighted by atomic mass is 9.85. The van der Waals surface area contributed by atoms with Gasteiger partial charge in [0.05, 0.1) is 50.4 Å². The van der Waals surface area contributed by atoms with Crippen LogP contribution in [0.15, 0.2) is 93.2 Å². The Hall–Kier alpha value is -4.40. The standard InChI is InChI=1S/C27H20FN5O3S2/c1-15-23(25(35)33-27-32-19-5-2-3-7-21(19)38-27)24(20-6-4-12-36-20)18(13-29)26(30-15)37-14-22(34)31-17-10-8-16(28)9-11-17/h2-12,24,30H,14H2,1H3,(H,31,34)(H,32,33,35)/t24-/m1/s1. The third-order valence-electron chi connectivity index (χ3n) is 5.71. The van der Waals surface area contributed by atoms with Crippen LogP contribution in [0.25, 0.3) is 10.2 Å². The molecule has 0 aliphatic carbocycles. The molecule has 0 spiro atoms. The number of amides is 2. The van der Waals surface area contributed by atoms with E-state index in [0.717, 1.165) is 22.0 Å². The fourth-order valence-electron chi connectivity index (χ4n) is 4.03. The van der Waals surface area contributed by atoms with Gasteiger partial charge in [-0.3, -0.25) is 14.9 Å². The molecule has 2 amide bonds. The van der Waals surface area contributed by atoms with Gasteiger partial charge in [-0.2, -0.15) is 5.26 Å². The quantitative estimate of drug-likeness (QED) is 0.271. The van der Waals surface area contributed by atoms with E-state index in [-0.39, 0.29) is 17.2 Å². The molecule has 3 heterocycles. The van der Waals surface area contributed by atoms with Gasteiger partial charge >= 0.3 is 0 Å². The highest BCUT2D eigenvalue weighted by Gasteiger charge is 2.36. The molecule has 0 radical (unpaired) electrons. The first-order valence-electron chi connectivity index (χ1n) is 11.4. The van der Waals surface area contributed by atoms with Gasteiger partial charge in [0.15, 0.2) is 5.13 Å². The van der Waals surface area contributed by atoms with E-state index in [2.05, 4.69) is 27.0 Å². The van der Waals surface area contributed by atoms with E-state index in [4.69, 9.17) is 4.42 Å². The van der Waals surface area contributed by atoms with Gasteiger partial charge in [-0.1, -0.05) is 35.2 Å². The van der Waals surface area contributed by atoms with E-state index in [0.29, 0.717) is 32.9 Å². The summed E-state index contributed by atoms with van der Waals surface area (Å²) in [6.07, 6.45) is 1.48. The monoisotopic (exact) mass is 545 g/mol. The Morgan fingerprint density at radius 1 is 1.16 bits per heavy atom. The minimum Gasteiger partial charge on any atom is -0.468 e. The van der Waals surface area contributed by atoms with E-state index in [9.17, 15) is 19.2 Å². The van der Waals surface area contributed by atoms with Crippen molar-refractivity contribution in [3.8, 4) is 6.07 Å². The van der Waals surface area contributed by atoms with E-state index in [1.807, 2.05) is 24.3 Å². The fourth-order valence-corrected chi connectivity index (χ4v) is 5.78. The van der Waals surface area contributed by atoms with Crippen LogP contribution in [0, 0.1) is 17.1 Å². The Labute approximate surface area is 225 Å². The molecular formula is C27H20FN5O3S2. The fraction of sp³-hybridized carbons (Fsp3) is 0.111. The van der Waals surface area contributed by atoms with Crippen molar-refractivity contribution in [1.82, 2.24) is 10.3 Å². The topological polar surface area (TPSA) is 120 Å². The summed E-state index contributed by atoms with van der Waals surface area (Å²) in [4.78, 5) is 30.5. The molecule has 38 heavy (non-hydrogen) atoms. The van der Waals surface area contributed by atoms with Crippen LogP contribution in [-0.2, 0) is 9.59 Å². The van der Waals surface area contributed by atoms with Crippen LogP contribution in [-0.4, -0.2) is 22.6 Å². The Kier molecular flexibility index (Phi) is 7.26. The van der Waals surface area contributed by atoms with Crippen LogP contribution in [0.3, 0.4) is 0 Å². The number of rotatable bonds is 7. The molecule has 1 aliphatic rings. The van der Waals surface area contributed by atoms with Gasteiger partial charge in [-0.25, -0.2) is 9.37 Å². The van der Waals surface area contributed by atoms with Crippen molar-refractivity contribution in [3.63, 3.8) is 0 Å². The van der Waals surface area contributed by atoms with Crippen LogP contribution < -0.4 is 16.0 Å². The molecule has 11 heteroatoms. The van der Waals surface area contributed by atoms with Crippen molar-refractivity contribution in [2.45, 2.75) is 12.8 Å². The number of dihydropyridines is 1.